The van der Waals surface area contributed by atoms with Gasteiger partial charge in [-0.3, -0.25) is 0 Å². The fourth-order valence-corrected chi connectivity index (χ4v) is 5.56. The zero-order valence-electron chi connectivity index (χ0n) is 21.0. The molecule has 6 heteroatoms. The maximum absolute atomic E-state index is 13.7. The Hall–Kier alpha value is -3.10. The van der Waals surface area contributed by atoms with E-state index < -0.39 is 22.6 Å². The van der Waals surface area contributed by atoms with Gasteiger partial charge in [-0.15, -0.1) is 0 Å². The van der Waals surface area contributed by atoms with Gasteiger partial charge >= 0.3 is 5.97 Å². The molecule has 4 aromatic carbocycles. The summed E-state index contributed by atoms with van der Waals surface area (Å²) >= 11 is 0. The molecule has 4 rings (SSSR count). The summed E-state index contributed by atoms with van der Waals surface area (Å²) in [6.07, 6.45) is 0. The number of carbonyl (C=O) groups is 1. The molecule has 0 aliphatic heterocycles. The normalized spacial score (nSPS) is 12.1. The molecular weight excluding hydrogens is 456 g/mol. The average Bonchev–Trinajstić information content (AvgIpc) is 2.73. The highest BCUT2D eigenvalue weighted by molar-refractivity contribution is 6.71. The molecule has 4 aromatic rings. The van der Waals surface area contributed by atoms with Crippen LogP contribution >= 0.6 is 0 Å². The lowest BCUT2D eigenvalue weighted by molar-refractivity contribution is 0.0735. The summed E-state index contributed by atoms with van der Waals surface area (Å²) in [7, 11) is -4.00. The first-order chi connectivity index (χ1) is 15.9. The molecule has 0 amide bonds. The Morgan fingerprint density at radius 1 is 0.676 bits per heavy atom. The molecule has 176 valence electrons. The van der Waals surface area contributed by atoms with Gasteiger partial charge in [0.15, 0.2) is 0 Å². The predicted molar refractivity (Wildman–Crippen MR) is 146 cm³/mol. The molecule has 0 aliphatic rings. The maximum atomic E-state index is 13.7. The minimum Gasteiger partial charge on any atom is -0.544 e. The third-order valence-electron chi connectivity index (χ3n) is 5.20. The number of esters is 1. The van der Waals surface area contributed by atoms with E-state index in [1.54, 1.807) is 0 Å². The number of hydrogen-bond acceptors (Lipinski definition) is 4. The summed E-state index contributed by atoms with van der Waals surface area (Å²) in [5.74, 6) is 1.35. The molecule has 0 atom stereocenters. The molecule has 0 fully saturated rings. The summed E-state index contributed by atoms with van der Waals surface area (Å²) in [5, 5.41) is 3.73. The first-order valence-corrected chi connectivity index (χ1v) is 18.4. The Kier molecular flexibility index (Phi) is 6.31. The zero-order chi connectivity index (χ0) is 24.7. The minimum absolute atomic E-state index is 0.389. The minimum atomic E-state index is -2.05. The van der Waals surface area contributed by atoms with Crippen molar-refractivity contribution in [1.82, 2.24) is 0 Å². The summed E-state index contributed by atoms with van der Waals surface area (Å²) in [4.78, 5) is 13.7. The van der Waals surface area contributed by atoms with Gasteiger partial charge in [0.25, 0.3) is 0 Å². The molecule has 0 aromatic heterocycles. The second-order valence-electron chi connectivity index (χ2n) is 10.6. The molecular formula is C28H32O4Si2. The first kappa shape index (κ1) is 24.0. The maximum Gasteiger partial charge on any atom is 0.347 e. The topological polar surface area (TPSA) is 44.8 Å². The van der Waals surface area contributed by atoms with Crippen molar-refractivity contribution in [2.45, 2.75) is 46.2 Å². The predicted octanol–water partition coefficient (Wildman–Crippen LogP) is 7.95. The molecule has 0 saturated carbocycles. The first-order valence-electron chi connectivity index (χ1n) is 11.6. The SMILES string of the molecule is Cc1ccc2c(O[Si](C)(C)C)c(C(=O)Oc3cccc4ccccc34)cc(O[Si](C)(C)C)c2c1. The van der Waals surface area contributed by atoms with Crippen molar-refractivity contribution in [3.8, 4) is 17.2 Å². The number of carbonyl (C=O) groups excluding carboxylic acids is 1. The van der Waals surface area contributed by atoms with Crippen LogP contribution in [-0.2, 0) is 0 Å². The van der Waals surface area contributed by atoms with Gasteiger partial charge in [-0.25, -0.2) is 4.79 Å². The molecule has 0 bridgehead atoms. The molecule has 0 N–H and O–H groups in total. The molecule has 0 saturated heterocycles. The van der Waals surface area contributed by atoms with Gasteiger partial charge in [0.1, 0.15) is 22.8 Å². The van der Waals surface area contributed by atoms with Crippen LogP contribution in [0.15, 0.2) is 66.7 Å². The highest BCUT2D eigenvalue weighted by Gasteiger charge is 2.28. The third-order valence-corrected chi connectivity index (χ3v) is 6.85. The zero-order valence-corrected chi connectivity index (χ0v) is 23.0. The van der Waals surface area contributed by atoms with Crippen molar-refractivity contribution < 1.29 is 18.4 Å². The largest absolute Gasteiger partial charge is 0.544 e. The Bertz CT molecular complexity index is 1380. The number of fused-ring (bicyclic) bond motifs is 2. The van der Waals surface area contributed by atoms with Crippen LogP contribution in [-0.4, -0.2) is 22.6 Å². The molecule has 0 heterocycles. The molecule has 4 nitrogen and oxygen atoms in total. The van der Waals surface area contributed by atoms with Gasteiger partial charge in [-0.05, 0) is 69.8 Å². The summed E-state index contributed by atoms with van der Waals surface area (Å²) in [6.45, 7) is 14.8. The standard InChI is InChI=1S/C28H32O4Si2/c1-19-15-16-22-23(17-19)26(31-33(2,3)4)18-24(27(22)32-34(5,6)7)28(29)30-25-14-10-12-20-11-8-9-13-21(20)25/h8-18H,1-7H3. The molecule has 0 aliphatic carbocycles. The summed E-state index contributed by atoms with van der Waals surface area (Å²) in [6, 6.07) is 21.6. The van der Waals surface area contributed by atoms with E-state index >= 15 is 0 Å². The fourth-order valence-electron chi connectivity index (χ4n) is 3.90. The van der Waals surface area contributed by atoms with Gasteiger partial charge in [-0.2, -0.15) is 0 Å². The van der Waals surface area contributed by atoms with Gasteiger partial charge < -0.3 is 13.6 Å². The Morgan fingerprint density at radius 3 is 2.06 bits per heavy atom. The van der Waals surface area contributed by atoms with Gasteiger partial charge in [0, 0.05) is 16.2 Å². The Balaban J connectivity index is 1.91. The molecule has 0 spiro atoms. The lowest BCUT2D eigenvalue weighted by Gasteiger charge is -2.26. The van der Waals surface area contributed by atoms with Crippen molar-refractivity contribution >= 4 is 44.1 Å². The van der Waals surface area contributed by atoms with Crippen LogP contribution in [0.25, 0.3) is 21.5 Å². The van der Waals surface area contributed by atoms with E-state index in [9.17, 15) is 4.79 Å². The van der Waals surface area contributed by atoms with E-state index in [0.717, 1.165) is 27.1 Å². The number of benzene rings is 4. The fraction of sp³-hybridized carbons (Fsp3) is 0.250. The van der Waals surface area contributed by atoms with Crippen LogP contribution < -0.4 is 13.6 Å². The van der Waals surface area contributed by atoms with Crippen molar-refractivity contribution in [1.29, 1.82) is 0 Å². The highest BCUT2D eigenvalue weighted by atomic mass is 28.4. The molecule has 0 unspecified atom stereocenters. The monoisotopic (exact) mass is 488 g/mol. The van der Waals surface area contributed by atoms with E-state index in [4.69, 9.17) is 13.6 Å². The van der Waals surface area contributed by atoms with Crippen LogP contribution in [0.4, 0.5) is 0 Å². The number of ether oxygens (including phenoxy) is 1. The van der Waals surface area contributed by atoms with Crippen LogP contribution in [0.3, 0.4) is 0 Å². The Labute approximate surface area is 203 Å². The van der Waals surface area contributed by atoms with Crippen molar-refractivity contribution in [3.05, 3.63) is 77.9 Å². The third kappa shape index (κ3) is 5.34. The quantitative estimate of drug-likeness (QED) is 0.157. The second-order valence-corrected chi connectivity index (χ2v) is 19.5. The van der Waals surface area contributed by atoms with Crippen LogP contribution in [0.5, 0.6) is 17.2 Å². The number of aryl methyl sites for hydroxylation is 1. The van der Waals surface area contributed by atoms with E-state index in [2.05, 4.69) is 52.3 Å². The van der Waals surface area contributed by atoms with Gasteiger partial charge in [0.2, 0.25) is 16.6 Å². The smallest absolute Gasteiger partial charge is 0.347 e. The van der Waals surface area contributed by atoms with Crippen LogP contribution in [0.1, 0.15) is 15.9 Å². The summed E-state index contributed by atoms with van der Waals surface area (Å²) in [5.41, 5.74) is 1.51. The van der Waals surface area contributed by atoms with Crippen molar-refractivity contribution in [3.63, 3.8) is 0 Å². The van der Waals surface area contributed by atoms with Crippen LogP contribution in [0, 0.1) is 6.92 Å². The molecule has 0 radical (unpaired) electrons. The molecule has 34 heavy (non-hydrogen) atoms. The van der Waals surface area contributed by atoms with E-state index in [1.165, 1.54) is 0 Å². The highest BCUT2D eigenvalue weighted by Crippen LogP contribution is 2.40. The van der Waals surface area contributed by atoms with Crippen molar-refractivity contribution in [2.24, 2.45) is 0 Å². The second kappa shape index (κ2) is 8.93. The van der Waals surface area contributed by atoms with Crippen LogP contribution in [0.2, 0.25) is 39.3 Å². The van der Waals surface area contributed by atoms with Gasteiger partial charge in [0.05, 0.1) is 0 Å². The van der Waals surface area contributed by atoms with E-state index in [1.807, 2.05) is 60.7 Å². The number of rotatable bonds is 6. The lowest BCUT2D eigenvalue weighted by atomic mass is 10.0. The van der Waals surface area contributed by atoms with Gasteiger partial charge in [-0.1, -0.05) is 54.1 Å². The average molecular weight is 489 g/mol. The number of hydrogen-bond donors (Lipinski definition) is 0. The van der Waals surface area contributed by atoms with E-state index in [-0.39, 0.29) is 0 Å². The van der Waals surface area contributed by atoms with E-state index in [0.29, 0.717) is 22.8 Å². The Morgan fingerprint density at radius 2 is 1.35 bits per heavy atom. The van der Waals surface area contributed by atoms with Crippen molar-refractivity contribution in [2.75, 3.05) is 0 Å². The lowest BCUT2D eigenvalue weighted by Crippen LogP contribution is -2.31. The summed E-state index contributed by atoms with van der Waals surface area (Å²) < 4.78 is 18.9.